The Bertz CT molecular complexity index is 5620. The fraction of sp³-hybridized carbons (Fsp3) is 0.0541. The molecule has 0 aliphatic heterocycles. The topological polar surface area (TPSA) is 155 Å². The molecule has 414 valence electrons. The van der Waals surface area contributed by atoms with Crippen LogP contribution in [0.3, 0.4) is 0 Å². The number of pyridine rings is 6. The van der Waals surface area contributed by atoms with Gasteiger partial charge < -0.3 is 8.83 Å². The summed E-state index contributed by atoms with van der Waals surface area (Å²) < 4.78 is 15.3. The van der Waals surface area contributed by atoms with E-state index in [1.54, 1.807) is 22.7 Å². The number of rotatable bonds is 9. The zero-order valence-corrected chi connectivity index (χ0v) is 48.3. The fourth-order valence-electron chi connectivity index (χ4n) is 13.2. The number of aromatic nitrogens is 10. The first-order valence-electron chi connectivity index (χ1n) is 29.1. The second-order valence-electron chi connectivity index (χ2n) is 22.1. The molecule has 0 spiro atoms. The highest BCUT2D eigenvalue weighted by Gasteiger charge is 2.30. The summed E-state index contributed by atoms with van der Waals surface area (Å²) in [5.41, 5.74) is 22.8. The summed E-state index contributed by atoms with van der Waals surface area (Å²) in [7, 11) is 0. The molecule has 2 aliphatic carbocycles. The molecule has 12 heterocycles. The maximum Gasteiger partial charge on any atom is 0.144 e. The summed E-state index contributed by atoms with van der Waals surface area (Å²) in [4.78, 5) is 51.2. The summed E-state index contributed by atoms with van der Waals surface area (Å²) in [6.45, 7) is 0. The van der Waals surface area contributed by atoms with Crippen LogP contribution in [0.1, 0.15) is 57.9 Å². The van der Waals surface area contributed by atoms with Crippen molar-refractivity contribution in [2.75, 3.05) is 0 Å². The van der Waals surface area contributed by atoms with Gasteiger partial charge in [-0.1, -0.05) is 90.2 Å². The molecule has 1 atom stereocenters. The Labute approximate surface area is 509 Å². The Hall–Kier alpha value is -11.1. The number of allylic oxidation sites excluding steroid dienone is 5. The van der Waals surface area contributed by atoms with Gasteiger partial charge in [0.05, 0.1) is 34.2 Å². The standard InChI is InChI=1S/C74H44N10O2S2/c1-2-8-48(47(7-1)42-21-29-76-30-22-42)60-17-18-63-66(82-60)67-74(87-63)81-40-62(84-67)56-16-6-14-54-52-12-4-10-50(69(52)86-71(54)56)49-9-3-11-51-53-13-5-15-55(70(53)85-68(49)51)61-39-80-73-65(83-61)59-37-46(38-79-72(59)88-73)64-57(43-23-31-77-32-24-43)35-45(41-19-27-75-28-20-41)36-58(64)44-25-33-78-34-26-44/h1-3,5-11,13-35,37-40,45H,4,12,36H2. The van der Waals surface area contributed by atoms with Crippen LogP contribution in [0.4, 0.5) is 0 Å². The second-order valence-corrected chi connectivity index (χ2v) is 24.1. The molecule has 1 unspecified atom stereocenters. The molecule has 0 saturated carbocycles. The van der Waals surface area contributed by atoms with Crippen LogP contribution in [0.2, 0.25) is 0 Å². The van der Waals surface area contributed by atoms with Gasteiger partial charge in [-0.15, -0.1) is 11.3 Å². The third-order valence-electron chi connectivity index (χ3n) is 17.2. The van der Waals surface area contributed by atoms with Gasteiger partial charge in [0.2, 0.25) is 0 Å². The molecule has 88 heavy (non-hydrogen) atoms. The van der Waals surface area contributed by atoms with Crippen molar-refractivity contribution < 1.29 is 8.83 Å². The van der Waals surface area contributed by atoms with Gasteiger partial charge in [-0.2, -0.15) is 0 Å². The highest BCUT2D eigenvalue weighted by Crippen LogP contribution is 2.50. The average Bonchev–Trinajstić information content (AvgIpc) is 1.70. The van der Waals surface area contributed by atoms with Gasteiger partial charge in [0.25, 0.3) is 0 Å². The molecule has 0 radical (unpaired) electrons. The van der Waals surface area contributed by atoms with E-state index in [2.05, 4.69) is 166 Å². The third-order valence-corrected chi connectivity index (χ3v) is 19.3. The van der Waals surface area contributed by atoms with Gasteiger partial charge in [0.15, 0.2) is 0 Å². The van der Waals surface area contributed by atoms with Crippen molar-refractivity contribution in [3.05, 3.63) is 265 Å². The number of para-hydroxylation sites is 3. The molecule has 18 rings (SSSR count). The molecule has 0 saturated heterocycles. The predicted molar refractivity (Wildman–Crippen MR) is 352 cm³/mol. The summed E-state index contributed by atoms with van der Waals surface area (Å²) in [5, 5.41) is 3.98. The Morgan fingerprint density at radius 2 is 1.01 bits per heavy atom. The van der Waals surface area contributed by atoms with E-state index in [9.17, 15) is 0 Å². The number of hydrogen-bond donors (Lipinski definition) is 0. The lowest BCUT2D eigenvalue weighted by Gasteiger charge is -2.28. The van der Waals surface area contributed by atoms with Crippen LogP contribution in [0.25, 0.3) is 141 Å². The molecule has 16 aromatic rings. The lowest BCUT2D eigenvalue weighted by Crippen LogP contribution is -2.09. The van der Waals surface area contributed by atoms with Gasteiger partial charge >= 0.3 is 0 Å². The van der Waals surface area contributed by atoms with Crippen molar-refractivity contribution >= 4 is 119 Å². The van der Waals surface area contributed by atoms with E-state index in [4.69, 9.17) is 38.7 Å². The Balaban J connectivity index is 0.721. The van der Waals surface area contributed by atoms with E-state index in [1.807, 2.05) is 80.3 Å². The Kier molecular flexibility index (Phi) is 11.6. The molecule has 0 fully saturated rings. The number of hydrogen-bond acceptors (Lipinski definition) is 14. The lowest BCUT2D eigenvalue weighted by molar-refractivity contribution is 0.591. The van der Waals surface area contributed by atoms with Crippen LogP contribution in [0.15, 0.2) is 235 Å². The van der Waals surface area contributed by atoms with Gasteiger partial charge in [-0.25, -0.2) is 29.9 Å². The normalized spacial score (nSPS) is 14.4. The number of furan rings is 2. The number of benzene rings is 4. The number of thiophene rings is 2. The Morgan fingerprint density at radius 3 is 1.75 bits per heavy atom. The smallest absolute Gasteiger partial charge is 0.144 e. The fourth-order valence-corrected chi connectivity index (χ4v) is 15.0. The van der Waals surface area contributed by atoms with E-state index in [0.717, 1.165) is 183 Å². The quantitative estimate of drug-likeness (QED) is 0.135. The predicted octanol–water partition coefficient (Wildman–Crippen LogP) is 18.2. The van der Waals surface area contributed by atoms with Crippen LogP contribution >= 0.6 is 22.7 Å². The SMILES string of the molecule is C1=C(c2ccncc2)C(c2cnc3sc4ncc(-c5cccc6c5oc5c(C7=CCCc8c7oc7c(-c9cnc%10sc%11ccc(-c%12ccccc%12-c%12ccncc%12)nc%11c%10n9)cccc87)cccc56)nc4c3c2)=C(c2ccncc2)CC1c1ccncc1. The van der Waals surface area contributed by atoms with Crippen molar-refractivity contribution in [2.45, 2.75) is 25.2 Å². The summed E-state index contributed by atoms with van der Waals surface area (Å²) >= 11 is 3.15. The van der Waals surface area contributed by atoms with Crippen LogP contribution < -0.4 is 0 Å². The number of fused-ring (bicyclic) bond motifs is 12. The van der Waals surface area contributed by atoms with Crippen molar-refractivity contribution in [3.8, 4) is 44.9 Å². The van der Waals surface area contributed by atoms with Crippen LogP contribution in [0, 0.1) is 0 Å². The molecule has 12 nitrogen and oxygen atoms in total. The summed E-state index contributed by atoms with van der Waals surface area (Å²) in [6.07, 6.45) is 27.7. The molecule has 4 aromatic carbocycles. The summed E-state index contributed by atoms with van der Waals surface area (Å²) in [6, 6.07) is 50.5. The molecular weight excluding hydrogens is 1130 g/mol. The minimum atomic E-state index is 0.109. The van der Waals surface area contributed by atoms with E-state index >= 15 is 0 Å². The lowest BCUT2D eigenvalue weighted by atomic mass is 9.75. The monoisotopic (exact) mass is 1170 g/mol. The molecule has 0 amide bonds. The maximum absolute atomic E-state index is 7.16. The largest absolute Gasteiger partial charge is 0.455 e. The molecule has 2 aliphatic rings. The molecule has 0 N–H and O–H groups in total. The second kappa shape index (κ2) is 20.3. The summed E-state index contributed by atoms with van der Waals surface area (Å²) in [5.74, 6) is 0.941. The third kappa shape index (κ3) is 8.17. The highest BCUT2D eigenvalue weighted by atomic mass is 32.1. The maximum atomic E-state index is 7.16. The first-order valence-corrected chi connectivity index (χ1v) is 30.7. The van der Waals surface area contributed by atoms with Crippen LogP contribution in [0.5, 0.6) is 0 Å². The highest BCUT2D eigenvalue weighted by molar-refractivity contribution is 7.25. The minimum absolute atomic E-state index is 0.109. The van der Waals surface area contributed by atoms with Crippen LogP contribution in [-0.4, -0.2) is 49.8 Å². The van der Waals surface area contributed by atoms with Crippen LogP contribution in [-0.2, 0) is 6.42 Å². The molecule has 12 aromatic heterocycles. The molecular formula is C74H44N10O2S2. The molecule has 14 heteroatoms. The van der Waals surface area contributed by atoms with Gasteiger partial charge in [-0.05, 0) is 143 Å². The zero-order chi connectivity index (χ0) is 57.8. The van der Waals surface area contributed by atoms with Crippen molar-refractivity contribution in [1.82, 2.24) is 49.8 Å². The Morgan fingerprint density at radius 1 is 0.420 bits per heavy atom. The van der Waals surface area contributed by atoms with Gasteiger partial charge in [-0.3, -0.25) is 19.9 Å². The molecule has 0 bridgehead atoms. The van der Waals surface area contributed by atoms with Crippen molar-refractivity contribution in [2.24, 2.45) is 0 Å². The zero-order valence-electron chi connectivity index (χ0n) is 46.7. The number of aryl methyl sites for hydroxylation is 1. The van der Waals surface area contributed by atoms with E-state index in [1.165, 1.54) is 11.1 Å². The first kappa shape index (κ1) is 50.3. The van der Waals surface area contributed by atoms with Crippen molar-refractivity contribution in [1.29, 1.82) is 0 Å². The van der Waals surface area contributed by atoms with Gasteiger partial charge in [0, 0.05) is 122 Å². The van der Waals surface area contributed by atoms with Gasteiger partial charge in [0.1, 0.15) is 53.6 Å². The first-order chi connectivity index (χ1) is 43.6. The van der Waals surface area contributed by atoms with E-state index in [-0.39, 0.29) is 5.92 Å². The van der Waals surface area contributed by atoms with Crippen molar-refractivity contribution in [3.63, 3.8) is 0 Å². The average molecular weight is 1170 g/mol. The minimum Gasteiger partial charge on any atom is -0.455 e. The number of nitrogens with zero attached hydrogens (tertiary/aromatic N) is 10. The van der Waals surface area contributed by atoms with E-state index < -0.39 is 0 Å². The van der Waals surface area contributed by atoms with E-state index in [0.29, 0.717) is 5.69 Å².